The molecular weight excluding hydrogens is 324 g/mol. The number of hydrogen-bond donors (Lipinski definition) is 1. The first kappa shape index (κ1) is 15.9. The van der Waals surface area contributed by atoms with Crippen molar-refractivity contribution >= 4 is 28.4 Å². The van der Waals surface area contributed by atoms with Crippen molar-refractivity contribution < 1.29 is 4.79 Å². The first-order valence-electron chi connectivity index (χ1n) is 8.68. The average Bonchev–Trinajstić information content (AvgIpc) is 2.97. The molecule has 0 saturated carbocycles. The molecule has 2 aromatic rings. The molecule has 0 unspecified atom stereocenters. The van der Waals surface area contributed by atoms with Gasteiger partial charge in [0, 0.05) is 61.2 Å². The summed E-state index contributed by atoms with van der Waals surface area (Å²) in [6.45, 7) is 9.53. The van der Waals surface area contributed by atoms with Crippen LogP contribution in [0.1, 0.15) is 17.4 Å². The van der Waals surface area contributed by atoms with Gasteiger partial charge in [0.15, 0.2) is 0 Å². The van der Waals surface area contributed by atoms with E-state index >= 15 is 0 Å². The van der Waals surface area contributed by atoms with E-state index in [0.717, 1.165) is 56.7 Å². The van der Waals surface area contributed by atoms with Gasteiger partial charge in [-0.15, -0.1) is 0 Å². The minimum Gasteiger partial charge on any atom is -0.351 e. The summed E-state index contributed by atoms with van der Waals surface area (Å²) in [5.41, 5.74) is 1.61. The molecule has 1 amide bonds. The number of H-pyrrole nitrogens is 1. The summed E-state index contributed by atoms with van der Waals surface area (Å²) in [6, 6.07) is 8.06. The summed E-state index contributed by atoms with van der Waals surface area (Å²) in [5.74, 6) is 0.0887. The maximum atomic E-state index is 12.6. The van der Waals surface area contributed by atoms with Crippen LogP contribution in [-0.4, -0.2) is 77.4 Å². The number of amides is 1. The minimum absolute atomic E-state index is 0.0887. The van der Waals surface area contributed by atoms with Crippen LogP contribution in [0, 0.1) is 0 Å². The molecule has 3 heterocycles. The Morgan fingerprint density at radius 2 is 1.96 bits per heavy atom. The van der Waals surface area contributed by atoms with Crippen LogP contribution in [0.2, 0.25) is 5.02 Å². The van der Waals surface area contributed by atoms with E-state index in [1.165, 1.54) is 0 Å². The number of piperazine rings is 1. The van der Waals surface area contributed by atoms with E-state index in [2.05, 4.69) is 21.7 Å². The molecule has 1 N–H and O–H groups in total. The molecule has 2 aliphatic heterocycles. The van der Waals surface area contributed by atoms with Gasteiger partial charge in [-0.2, -0.15) is 0 Å². The Morgan fingerprint density at radius 3 is 2.67 bits per heavy atom. The van der Waals surface area contributed by atoms with E-state index in [9.17, 15) is 4.79 Å². The second-order valence-corrected chi connectivity index (χ2v) is 7.19. The molecule has 0 atom stereocenters. The molecular formula is C18H23ClN4O. The summed E-state index contributed by atoms with van der Waals surface area (Å²) in [5, 5.41) is 1.68. The summed E-state index contributed by atoms with van der Waals surface area (Å²) in [7, 11) is 0. The van der Waals surface area contributed by atoms with Gasteiger partial charge in [0.05, 0.1) is 0 Å². The fourth-order valence-corrected chi connectivity index (χ4v) is 3.87. The van der Waals surface area contributed by atoms with Gasteiger partial charge >= 0.3 is 0 Å². The maximum Gasteiger partial charge on any atom is 0.270 e. The molecule has 0 radical (unpaired) electrons. The number of nitrogens with one attached hydrogen (secondary N) is 1. The number of aromatic nitrogens is 1. The van der Waals surface area contributed by atoms with Gasteiger partial charge in [-0.05, 0) is 30.8 Å². The Bertz CT molecular complexity index is 745. The van der Waals surface area contributed by atoms with Crippen LogP contribution < -0.4 is 0 Å². The number of fused-ring (bicyclic) bond motifs is 1. The highest BCUT2D eigenvalue weighted by Crippen LogP contribution is 2.23. The molecule has 4 rings (SSSR count). The van der Waals surface area contributed by atoms with Gasteiger partial charge in [0.1, 0.15) is 5.69 Å². The lowest BCUT2D eigenvalue weighted by molar-refractivity contribution is 0.00813. The lowest BCUT2D eigenvalue weighted by Crippen LogP contribution is -2.64. The van der Waals surface area contributed by atoms with Crippen molar-refractivity contribution in [1.82, 2.24) is 19.7 Å². The van der Waals surface area contributed by atoms with Crippen LogP contribution in [0.25, 0.3) is 10.9 Å². The molecule has 0 aliphatic carbocycles. The molecule has 2 saturated heterocycles. The number of likely N-dealkylation sites (N-methyl/N-ethyl adjacent to an activating group) is 1. The Balaban J connectivity index is 1.36. The first-order chi connectivity index (χ1) is 11.6. The van der Waals surface area contributed by atoms with Gasteiger partial charge < -0.3 is 14.8 Å². The summed E-state index contributed by atoms with van der Waals surface area (Å²) >= 11 is 6.02. The van der Waals surface area contributed by atoms with Gasteiger partial charge in [-0.1, -0.05) is 18.5 Å². The standard InChI is InChI=1S/C18H23ClN4O/c1-2-21-5-7-22(8-6-21)15-11-23(12-15)18(24)17-10-13-9-14(19)3-4-16(13)20-17/h3-4,9-10,15,20H,2,5-8,11-12H2,1H3. The third kappa shape index (κ3) is 2.92. The molecule has 128 valence electrons. The molecule has 5 nitrogen and oxygen atoms in total. The Morgan fingerprint density at radius 1 is 1.21 bits per heavy atom. The zero-order chi connectivity index (χ0) is 16.7. The third-order valence-electron chi connectivity index (χ3n) is 5.33. The molecule has 6 heteroatoms. The minimum atomic E-state index is 0.0887. The van der Waals surface area contributed by atoms with Crippen molar-refractivity contribution in [2.75, 3.05) is 45.8 Å². The Hall–Kier alpha value is -1.56. The smallest absolute Gasteiger partial charge is 0.270 e. The number of halogens is 1. The van der Waals surface area contributed by atoms with Crippen LogP contribution in [-0.2, 0) is 0 Å². The predicted octanol–water partition coefficient (Wildman–Crippen LogP) is 2.28. The number of likely N-dealkylation sites (tertiary alicyclic amines) is 1. The Kier molecular flexibility index (Phi) is 4.24. The molecule has 1 aromatic carbocycles. The molecule has 24 heavy (non-hydrogen) atoms. The monoisotopic (exact) mass is 346 g/mol. The number of rotatable bonds is 3. The average molecular weight is 347 g/mol. The fraction of sp³-hybridized carbons (Fsp3) is 0.500. The molecule has 2 aliphatic rings. The summed E-state index contributed by atoms with van der Waals surface area (Å²) < 4.78 is 0. The van der Waals surface area contributed by atoms with Crippen molar-refractivity contribution in [2.24, 2.45) is 0 Å². The van der Waals surface area contributed by atoms with Crippen molar-refractivity contribution in [3.8, 4) is 0 Å². The molecule has 2 fully saturated rings. The third-order valence-corrected chi connectivity index (χ3v) is 5.57. The maximum absolute atomic E-state index is 12.6. The van der Waals surface area contributed by atoms with Crippen molar-refractivity contribution in [1.29, 1.82) is 0 Å². The number of benzene rings is 1. The lowest BCUT2D eigenvalue weighted by atomic mass is 10.1. The number of nitrogens with zero attached hydrogens (tertiary/aromatic N) is 3. The van der Waals surface area contributed by atoms with Gasteiger partial charge in [0.25, 0.3) is 5.91 Å². The van der Waals surface area contributed by atoms with Crippen molar-refractivity contribution in [3.05, 3.63) is 35.0 Å². The van der Waals surface area contributed by atoms with E-state index < -0.39 is 0 Å². The zero-order valence-electron chi connectivity index (χ0n) is 14.0. The van der Waals surface area contributed by atoms with Gasteiger partial charge in [-0.25, -0.2) is 0 Å². The van der Waals surface area contributed by atoms with Crippen LogP contribution in [0.4, 0.5) is 0 Å². The summed E-state index contributed by atoms with van der Waals surface area (Å²) in [6.07, 6.45) is 0. The molecule has 1 aromatic heterocycles. The largest absolute Gasteiger partial charge is 0.351 e. The lowest BCUT2D eigenvalue weighted by Gasteiger charge is -2.48. The van der Waals surface area contributed by atoms with E-state index in [1.54, 1.807) is 0 Å². The molecule has 0 bridgehead atoms. The fourth-order valence-electron chi connectivity index (χ4n) is 3.69. The van der Waals surface area contributed by atoms with E-state index in [1.807, 2.05) is 29.2 Å². The van der Waals surface area contributed by atoms with Crippen LogP contribution in [0.5, 0.6) is 0 Å². The number of aromatic amines is 1. The predicted molar refractivity (Wildman–Crippen MR) is 96.7 cm³/mol. The van der Waals surface area contributed by atoms with Crippen molar-refractivity contribution in [3.63, 3.8) is 0 Å². The quantitative estimate of drug-likeness (QED) is 0.927. The first-order valence-corrected chi connectivity index (χ1v) is 9.06. The van der Waals surface area contributed by atoms with Crippen LogP contribution in [0.3, 0.4) is 0 Å². The summed E-state index contributed by atoms with van der Waals surface area (Å²) in [4.78, 5) is 22.8. The van der Waals surface area contributed by atoms with Gasteiger partial charge in [0.2, 0.25) is 0 Å². The highest BCUT2D eigenvalue weighted by atomic mass is 35.5. The normalized spacial score (nSPS) is 20.5. The number of hydrogen-bond acceptors (Lipinski definition) is 3. The number of carbonyl (C=O) groups is 1. The second-order valence-electron chi connectivity index (χ2n) is 6.75. The highest BCUT2D eigenvalue weighted by Gasteiger charge is 2.36. The van der Waals surface area contributed by atoms with Gasteiger partial charge in [-0.3, -0.25) is 9.69 Å². The van der Waals surface area contributed by atoms with E-state index in [0.29, 0.717) is 16.8 Å². The topological polar surface area (TPSA) is 42.6 Å². The van der Waals surface area contributed by atoms with E-state index in [4.69, 9.17) is 11.6 Å². The second kappa shape index (κ2) is 6.39. The molecule has 0 spiro atoms. The Labute approximate surface area is 147 Å². The van der Waals surface area contributed by atoms with Crippen LogP contribution >= 0.6 is 11.6 Å². The van der Waals surface area contributed by atoms with Crippen LogP contribution in [0.15, 0.2) is 24.3 Å². The SMILES string of the molecule is CCN1CCN(C2CN(C(=O)c3cc4cc(Cl)ccc4[nH]3)C2)CC1. The number of carbonyl (C=O) groups excluding carboxylic acids is 1. The van der Waals surface area contributed by atoms with E-state index in [-0.39, 0.29) is 5.91 Å². The van der Waals surface area contributed by atoms with Crippen molar-refractivity contribution in [2.45, 2.75) is 13.0 Å². The zero-order valence-corrected chi connectivity index (χ0v) is 14.7. The highest BCUT2D eigenvalue weighted by molar-refractivity contribution is 6.31.